The molecule has 22 heavy (non-hydrogen) atoms. The smallest absolute Gasteiger partial charge is 0.399 e. The van der Waals surface area contributed by atoms with Crippen LogP contribution in [0.1, 0.15) is 41.5 Å². The zero-order valence-corrected chi connectivity index (χ0v) is 14.4. The highest BCUT2D eigenvalue weighted by molar-refractivity contribution is 6.62. The first-order valence-corrected chi connectivity index (χ1v) is 8.01. The van der Waals surface area contributed by atoms with E-state index in [-0.39, 0.29) is 18.3 Å². The highest BCUT2D eigenvalue weighted by atomic mass is 16.7. The van der Waals surface area contributed by atoms with E-state index in [9.17, 15) is 0 Å². The summed E-state index contributed by atoms with van der Waals surface area (Å²) in [7, 11) is -0.317. The van der Waals surface area contributed by atoms with Gasteiger partial charge in [0, 0.05) is 11.9 Å². The van der Waals surface area contributed by atoms with E-state index in [1.807, 2.05) is 6.20 Å². The topological polar surface area (TPSA) is 36.3 Å². The Balaban J connectivity index is 1.91. The Morgan fingerprint density at radius 1 is 1.14 bits per heavy atom. The molecule has 0 saturated carbocycles. The van der Waals surface area contributed by atoms with Crippen molar-refractivity contribution in [1.82, 2.24) is 9.78 Å². The lowest BCUT2D eigenvalue weighted by Crippen LogP contribution is -2.41. The molecule has 1 aliphatic heterocycles. The molecule has 0 aliphatic carbocycles. The van der Waals surface area contributed by atoms with Crippen molar-refractivity contribution in [3.05, 3.63) is 24.4 Å². The summed E-state index contributed by atoms with van der Waals surface area (Å²) < 4.78 is 14.3. The predicted octanol–water partition coefficient (Wildman–Crippen LogP) is 2.99. The first kappa shape index (κ1) is 15.6. The van der Waals surface area contributed by atoms with E-state index in [1.54, 1.807) is 0 Å². The van der Waals surface area contributed by atoms with Crippen molar-refractivity contribution in [1.29, 1.82) is 0 Å². The van der Waals surface area contributed by atoms with Gasteiger partial charge in [-0.1, -0.05) is 26.0 Å². The van der Waals surface area contributed by atoms with Crippen molar-refractivity contribution >= 4 is 23.5 Å². The zero-order valence-electron chi connectivity index (χ0n) is 14.4. The van der Waals surface area contributed by atoms with E-state index in [1.165, 1.54) is 0 Å². The van der Waals surface area contributed by atoms with Gasteiger partial charge in [0.25, 0.3) is 0 Å². The lowest BCUT2D eigenvalue weighted by molar-refractivity contribution is 0.00578. The van der Waals surface area contributed by atoms with E-state index in [0.29, 0.717) is 5.92 Å². The molecule has 2 aromatic rings. The summed E-state index contributed by atoms with van der Waals surface area (Å²) in [6, 6.07) is 6.33. The van der Waals surface area contributed by atoms with Crippen LogP contribution >= 0.6 is 0 Å². The third kappa shape index (κ3) is 2.57. The number of benzene rings is 1. The van der Waals surface area contributed by atoms with Gasteiger partial charge >= 0.3 is 7.12 Å². The first-order chi connectivity index (χ1) is 10.2. The molecule has 1 fully saturated rings. The van der Waals surface area contributed by atoms with Crippen molar-refractivity contribution in [2.75, 3.05) is 0 Å². The van der Waals surface area contributed by atoms with E-state index in [2.05, 4.69) is 69.5 Å². The molecule has 1 aliphatic rings. The van der Waals surface area contributed by atoms with Gasteiger partial charge < -0.3 is 9.31 Å². The average Bonchev–Trinajstić information content (AvgIpc) is 2.88. The quantitative estimate of drug-likeness (QED) is 0.818. The van der Waals surface area contributed by atoms with Crippen molar-refractivity contribution in [2.45, 2.75) is 59.3 Å². The molecule has 1 aromatic carbocycles. The molecular weight excluding hydrogens is 275 g/mol. The minimum atomic E-state index is -0.317. The molecule has 1 aromatic heterocycles. The summed E-state index contributed by atoms with van der Waals surface area (Å²) in [6.45, 7) is 13.6. The summed E-state index contributed by atoms with van der Waals surface area (Å²) in [6.07, 6.45) is 1.92. The SMILES string of the molecule is CC(C)Cn1ncc2cc(B3OC(C)(C)C(C)(C)O3)ccc21. The molecule has 3 rings (SSSR count). The summed E-state index contributed by atoms with van der Waals surface area (Å²) in [5.74, 6) is 0.575. The van der Waals surface area contributed by atoms with E-state index >= 15 is 0 Å². The molecule has 0 amide bonds. The van der Waals surface area contributed by atoms with Gasteiger partial charge in [-0.2, -0.15) is 5.10 Å². The largest absolute Gasteiger partial charge is 0.494 e. The molecule has 0 spiro atoms. The molecular formula is C17H25BN2O2. The van der Waals surface area contributed by atoms with Crippen LogP contribution in [0.5, 0.6) is 0 Å². The molecule has 118 valence electrons. The summed E-state index contributed by atoms with van der Waals surface area (Å²) in [5, 5.41) is 5.63. The summed E-state index contributed by atoms with van der Waals surface area (Å²) in [4.78, 5) is 0. The first-order valence-electron chi connectivity index (χ1n) is 8.01. The number of hydrogen-bond acceptors (Lipinski definition) is 3. The maximum absolute atomic E-state index is 6.12. The third-order valence-corrected chi connectivity index (χ3v) is 4.73. The fourth-order valence-electron chi connectivity index (χ4n) is 2.72. The Morgan fingerprint density at radius 2 is 1.77 bits per heavy atom. The van der Waals surface area contributed by atoms with Crippen molar-refractivity contribution in [3.63, 3.8) is 0 Å². The van der Waals surface area contributed by atoms with Crippen molar-refractivity contribution in [3.8, 4) is 0 Å². The fourth-order valence-corrected chi connectivity index (χ4v) is 2.72. The molecule has 2 heterocycles. The molecule has 0 radical (unpaired) electrons. The molecule has 4 nitrogen and oxygen atoms in total. The second kappa shape index (κ2) is 5.10. The Kier molecular flexibility index (Phi) is 3.61. The summed E-state index contributed by atoms with van der Waals surface area (Å²) >= 11 is 0. The Hall–Kier alpha value is -1.33. The minimum Gasteiger partial charge on any atom is -0.399 e. The van der Waals surface area contributed by atoms with Crippen molar-refractivity contribution in [2.24, 2.45) is 5.92 Å². The number of nitrogens with zero attached hydrogens (tertiary/aromatic N) is 2. The summed E-state index contributed by atoms with van der Waals surface area (Å²) in [5.41, 5.74) is 1.59. The van der Waals surface area contributed by atoms with Crippen LogP contribution in [0.15, 0.2) is 24.4 Å². The Bertz CT molecular complexity index is 675. The molecule has 5 heteroatoms. The highest BCUT2D eigenvalue weighted by Gasteiger charge is 2.51. The van der Waals surface area contributed by atoms with Gasteiger partial charge in [-0.3, -0.25) is 4.68 Å². The minimum absolute atomic E-state index is 0.311. The number of hydrogen-bond donors (Lipinski definition) is 0. The van der Waals surface area contributed by atoms with Crippen LogP contribution in [0.2, 0.25) is 0 Å². The monoisotopic (exact) mass is 300 g/mol. The lowest BCUT2D eigenvalue weighted by Gasteiger charge is -2.32. The van der Waals surface area contributed by atoms with Gasteiger partial charge in [0.15, 0.2) is 0 Å². The highest BCUT2D eigenvalue weighted by Crippen LogP contribution is 2.36. The standard InChI is InChI=1S/C17H25BN2O2/c1-12(2)11-20-15-8-7-14(9-13(15)10-19-20)18-21-16(3,4)17(5,6)22-18/h7-10,12H,11H2,1-6H3. The predicted molar refractivity (Wildman–Crippen MR) is 90.3 cm³/mol. The van der Waals surface area contributed by atoms with Gasteiger partial charge in [-0.25, -0.2) is 0 Å². The van der Waals surface area contributed by atoms with Gasteiger partial charge in [0.05, 0.1) is 22.9 Å². The van der Waals surface area contributed by atoms with E-state index in [0.717, 1.165) is 22.9 Å². The maximum atomic E-state index is 6.12. The van der Waals surface area contributed by atoms with Crippen LogP contribution in [0, 0.1) is 5.92 Å². The maximum Gasteiger partial charge on any atom is 0.494 e. The van der Waals surface area contributed by atoms with E-state index < -0.39 is 0 Å². The van der Waals surface area contributed by atoms with Gasteiger partial charge in [0.1, 0.15) is 0 Å². The number of rotatable bonds is 3. The van der Waals surface area contributed by atoms with Crippen LogP contribution < -0.4 is 5.46 Å². The Labute approximate surface area is 132 Å². The van der Waals surface area contributed by atoms with Crippen LogP contribution in [0.25, 0.3) is 10.9 Å². The Morgan fingerprint density at radius 3 is 2.36 bits per heavy atom. The van der Waals surface area contributed by atoms with Crippen molar-refractivity contribution < 1.29 is 9.31 Å². The molecule has 0 N–H and O–H groups in total. The third-order valence-electron chi connectivity index (χ3n) is 4.73. The van der Waals surface area contributed by atoms with Crippen LogP contribution in [-0.4, -0.2) is 28.1 Å². The average molecular weight is 300 g/mol. The zero-order chi connectivity index (χ0) is 16.1. The molecule has 0 atom stereocenters. The lowest BCUT2D eigenvalue weighted by atomic mass is 9.79. The molecule has 0 bridgehead atoms. The molecule has 0 unspecified atom stereocenters. The van der Waals surface area contributed by atoms with E-state index in [4.69, 9.17) is 9.31 Å². The van der Waals surface area contributed by atoms with Crippen LogP contribution in [0.4, 0.5) is 0 Å². The molecule has 1 saturated heterocycles. The number of fused-ring (bicyclic) bond motifs is 1. The van der Waals surface area contributed by atoms with Crippen LogP contribution in [-0.2, 0) is 15.9 Å². The number of aromatic nitrogens is 2. The van der Waals surface area contributed by atoms with Gasteiger partial charge in [0.2, 0.25) is 0 Å². The normalized spacial score (nSPS) is 20.2. The van der Waals surface area contributed by atoms with Gasteiger partial charge in [-0.15, -0.1) is 0 Å². The second-order valence-electron chi connectivity index (χ2n) is 7.63. The fraction of sp³-hybridized carbons (Fsp3) is 0.588. The second-order valence-corrected chi connectivity index (χ2v) is 7.63. The van der Waals surface area contributed by atoms with Gasteiger partial charge in [-0.05, 0) is 45.1 Å². The van der Waals surface area contributed by atoms with Crippen LogP contribution in [0.3, 0.4) is 0 Å².